The fourth-order valence-electron chi connectivity index (χ4n) is 1.42. The molecule has 0 aromatic carbocycles. The number of rotatable bonds is 5. The highest BCUT2D eigenvalue weighted by Gasteiger charge is 2.34. The van der Waals surface area contributed by atoms with Gasteiger partial charge in [-0.3, -0.25) is 9.59 Å². The molecule has 0 spiro atoms. The van der Waals surface area contributed by atoms with Crippen LogP contribution in [-0.2, 0) is 9.59 Å². The second kappa shape index (κ2) is 4.44. The average molecular weight is 199 g/mol. The van der Waals surface area contributed by atoms with E-state index in [0.717, 1.165) is 12.8 Å². The third-order valence-corrected chi connectivity index (χ3v) is 2.15. The third-order valence-electron chi connectivity index (χ3n) is 2.15. The van der Waals surface area contributed by atoms with E-state index in [2.05, 4.69) is 0 Å². The molecule has 1 saturated carbocycles. The van der Waals surface area contributed by atoms with Gasteiger partial charge in [-0.05, 0) is 18.8 Å². The molecule has 0 atom stereocenters. The fourth-order valence-corrected chi connectivity index (χ4v) is 1.42. The topological polar surface area (TPSA) is 57.6 Å². The molecule has 1 aliphatic carbocycles. The van der Waals surface area contributed by atoms with Crippen molar-refractivity contribution in [2.75, 3.05) is 13.1 Å². The van der Waals surface area contributed by atoms with Crippen LogP contribution in [-0.4, -0.2) is 35.0 Å². The molecular weight excluding hydrogens is 182 g/mol. The number of carbonyl (C=O) groups is 2. The molecule has 0 radical (unpaired) electrons. The Kier molecular flexibility index (Phi) is 3.49. The summed E-state index contributed by atoms with van der Waals surface area (Å²) in [6.07, 6.45) is 1.85. The summed E-state index contributed by atoms with van der Waals surface area (Å²) in [6.45, 7) is 4.35. The molecule has 1 rings (SSSR count). The van der Waals surface area contributed by atoms with Crippen LogP contribution in [0, 0.1) is 11.8 Å². The molecule has 0 unspecified atom stereocenters. The number of aliphatic carboxylic acids is 1. The standard InChI is InChI=1S/C10H17NO3/c1-7(2)5-11(6-9(12)13)10(14)8-3-4-8/h7-8H,3-6H2,1-2H3,(H,12,13). The third kappa shape index (κ3) is 3.36. The maximum atomic E-state index is 11.6. The van der Waals surface area contributed by atoms with Crippen molar-refractivity contribution in [3.8, 4) is 0 Å². The van der Waals surface area contributed by atoms with E-state index < -0.39 is 5.97 Å². The molecule has 1 N–H and O–H groups in total. The Morgan fingerprint density at radius 1 is 1.43 bits per heavy atom. The van der Waals surface area contributed by atoms with Crippen molar-refractivity contribution >= 4 is 11.9 Å². The minimum atomic E-state index is -0.931. The summed E-state index contributed by atoms with van der Waals surface area (Å²) in [6, 6.07) is 0. The number of carboxylic acid groups (broad SMARTS) is 1. The first kappa shape index (κ1) is 11.0. The highest BCUT2D eigenvalue weighted by molar-refractivity contribution is 5.84. The molecule has 14 heavy (non-hydrogen) atoms. The molecule has 1 aliphatic rings. The second-order valence-corrected chi connectivity index (χ2v) is 4.28. The molecule has 1 amide bonds. The van der Waals surface area contributed by atoms with Gasteiger partial charge in [0.15, 0.2) is 0 Å². The lowest BCUT2D eigenvalue weighted by Crippen LogP contribution is -2.39. The zero-order valence-electron chi connectivity index (χ0n) is 8.69. The highest BCUT2D eigenvalue weighted by Crippen LogP contribution is 2.31. The molecule has 0 heterocycles. The molecule has 0 aromatic heterocycles. The smallest absolute Gasteiger partial charge is 0.323 e. The zero-order valence-corrected chi connectivity index (χ0v) is 8.69. The molecule has 1 fully saturated rings. The second-order valence-electron chi connectivity index (χ2n) is 4.28. The number of hydrogen-bond acceptors (Lipinski definition) is 2. The average Bonchev–Trinajstić information content (AvgIpc) is 2.82. The molecule has 0 aliphatic heterocycles. The van der Waals surface area contributed by atoms with Crippen LogP contribution in [0.3, 0.4) is 0 Å². The summed E-state index contributed by atoms with van der Waals surface area (Å²) >= 11 is 0. The van der Waals surface area contributed by atoms with Crippen LogP contribution in [0.15, 0.2) is 0 Å². The van der Waals surface area contributed by atoms with E-state index in [1.54, 1.807) is 0 Å². The van der Waals surface area contributed by atoms with E-state index in [9.17, 15) is 9.59 Å². The fraction of sp³-hybridized carbons (Fsp3) is 0.800. The van der Waals surface area contributed by atoms with Crippen LogP contribution in [0.2, 0.25) is 0 Å². The van der Waals surface area contributed by atoms with Gasteiger partial charge < -0.3 is 10.0 Å². The summed E-state index contributed by atoms with van der Waals surface area (Å²) in [5.74, 6) is -0.495. The van der Waals surface area contributed by atoms with Gasteiger partial charge in [-0.2, -0.15) is 0 Å². The molecule has 80 valence electrons. The Hall–Kier alpha value is -1.06. The lowest BCUT2D eigenvalue weighted by Gasteiger charge is -2.22. The molecule has 4 nitrogen and oxygen atoms in total. The Morgan fingerprint density at radius 3 is 2.36 bits per heavy atom. The van der Waals surface area contributed by atoms with Crippen molar-refractivity contribution in [2.24, 2.45) is 11.8 Å². The SMILES string of the molecule is CC(C)CN(CC(=O)O)C(=O)C1CC1. The monoisotopic (exact) mass is 199 g/mol. The van der Waals surface area contributed by atoms with Crippen LogP contribution in [0.5, 0.6) is 0 Å². The number of carboxylic acids is 1. The first-order chi connectivity index (χ1) is 6.50. The minimum absolute atomic E-state index is 0.0149. The van der Waals surface area contributed by atoms with Crippen LogP contribution in [0.4, 0.5) is 0 Å². The Labute approximate surface area is 83.9 Å². The van der Waals surface area contributed by atoms with Gasteiger partial charge in [0.1, 0.15) is 6.54 Å². The van der Waals surface area contributed by atoms with Crippen molar-refractivity contribution < 1.29 is 14.7 Å². The van der Waals surface area contributed by atoms with Gasteiger partial charge in [-0.25, -0.2) is 0 Å². The number of hydrogen-bond donors (Lipinski definition) is 1. The van der Waals surface area contributed by atoms with Gasteiger partial charge in [0.2, 0.25) is 5.91 Å². The lowest BCUT2D eigenvalue weighted by molar-refractivity contribution is -0.145. The van der Waals surface area contributed by atoms with Crippen LogP contribution < -0.4 is 0 Å². The predicted octanol–water partition coefficient (Wildman–Crippen LogP) is 0.966. The Bertz CT molecular complexity index is 234. The number of nitrogens with zero attached hydrogens (tertiary/aromatic N) is 1. The number of carbonyl (C=O) groups excluding carboxylic acids is 1. The predicted molar refractivity (Wildman–Crippen MR) is 51.8 cm³/mol. The van der Waals surface area contributed by atoms with Crippen LogP contribution in [0.1, 0.15) is 26.7 Å². The van der Waals surface area contributed by atoms with E-state index in [1.807, 2.05) is 13.8 Å². The summed E-state index contributed by atoms with van der Waals surface area (Å²) in [7, 11) is 0. The Morgan fingerprint density at radius 2 is 2.00 bits per heavy atom. The molecule has 0 bridgehead atoms. The van der Waals surface area contributed by atoms with Crippen molar-refractivity contribution in [1.29, 1.82) is 0 Å². The van der Waals surface area contributed by atoms with E-state index in [1.165, 1.54) is 4.90 Å². The normalized spacial score (nSPS) is 15.6. The van der Waals surface area contributed by atoms with Gasteiger partial charge >= 0.3 is 5.97 Å². The van der Waals surface area contributed by atoms with E-state index >= 15 is 0 Å². The van der Waals surface area contributed by atoms with Crippen LogP contribution in [0.25, 0.3) is 0 Å². The zero-order chi connectivity index (χ0) is 10.7. The van der Waals surface area contributed by atoms with Gasteiger partial charge in [0, 0.05) is 12.5 Å². The molecular formula is C10H17NO3. The van der Waals surface area contributed by atoms with Crippen LogP contribution >= 0.6 is 0 Å². The maximum absolute atomic E-state index is 11.6. The summed E-state index contributed by atoms with van der Waals surface area (Å²) < 4.78 is 0. The largest absolute Gasteiger partial charge is 0.480 e. The van der Waals surface area contributed by atoms with Gasteiger partial charge in [-0.1, -0.05) is 13.8 Å². The maximum Gasteiger partial charge on any atom is 0.323 e. The van der Waals surface area contributed by atoms with Gasteiger partial charge in [-0.15, -0.1) is 0 Å². The van der Waals surface area contributed by atoms with E-state index in [0.29, 0.717) is 12.5 Å². The first-order valence-corrected chi connectivity index (χ1v) is 5.01. The quantitative estimate of drug-likeness (QED) is 0.717. The molecule has 0 saturated heterocycles. The highest BCUT2D eigenvalue weighted by atomic mass is 16.4. The van der Waals surface area contributed by atoms with Crippen molar-refractivity contribution in [3.63, 3.8) is 0 Å². The molecule has 0 aromatic rings. The minimum Gasteiger partial charge on any atom is -0.480 e. The Balaban J connectivity index is 2.50. The lowest BCUT2D eigenvalue weighted by atomic mass is 10.2. The van der Waals surface area contributed by atoms with Crippen molar-refractivity contribution in [2.45, 2.75) is 26.7 Å². The number of amides is 1. The van der Waals surface area contributed by atoms with Crippen molar-refractivity contribution in [1.82, 2.24) is 4.90 Å². The van der Waals surface area contributed by atoms with Gasteiger partial charge in [0.05, 0.1) is 0 Å². The van der Waals surface area contributed by atoms with E-state index in [-0.39, 0.29) is 18.4 Å². The summed E-state index contributed by atoms with van der Waals surface area (Å²) in [5, 5.41) is 8.65. The first-order valence-electron chi connectivity index (χ1n) is 5.01. The summed E-state index contributed by atoms with van der Waals surface area (Å²) in [4.78, 5) is 23.6. The van der Waals surface area contributed by atoms with Gasteiger partial charge in [0.25, 0.3) is 0 Å². The van der Waals surface area contributed by atoms with Crippen molar-refractivity contribution in [3.05, 3.63) is 0 Å². The summed E-state index contributed by atoms with van der Waals surface area (Å²) in [5.41, 5.74) is 0. The van der Waals surface area contributed by atoms with E-state index in [4.69, 9.17) is 5.11 Å². The molecule has 4 heteroatoms.